The largest absolute Gasteiger partial charge is 0.378 e. The zero-order chi connectivity index (χ0) is 14.7. The number of hydrogen-bond donors (Lipinski definition) is 1. The maximum absolute atomic E-state index is 5.90. The maximum Gasteiger partial charge on any atom is 0.227 e. The summed E-state index contributed by atoms with van der Waals surface area (Å²) in [6, 6.07) is 7.56. The van der Waals surface area contributed by atoms with E-state index in [0.717, 1.165) is 49.3 Å². The monoisotopic (exact) mass is 304 g/mol. The fourth-order valence-electron chi connectivity index (χ4n) is 2.14. The molecule has 1 aliphatic rings. The average molecular weight is 305 g/mol. The number of aryl methyl sites for hydroxylation is 1. The third-order valence-electron chi connectivity index (χ3n) is 3.36. The Labute approximate surface area is 128 Å². The summed E-state index contributed by atoms with van der Waals surface area (Å²) in [4.78, 5) is 11.2. The molecule has 5 nitrogen and oxygen atoms in total. The van der Waals surface area contributed by atoms with Crippen LogP contribution in [0.5, 0.6) is 0 Å². The van der Waals surface area contributed by atoms with Crippen LogP contribution >= 0.6 is 11.6 Å². The first-order valence-electron chi connectivity index (χ1n) is 6.91. The van der Waals surface area contributed by atoms with Crippen LogP contribution in [0.2, 0.25) is 5.02 Å². The SMILES string of the molecule is Cc1cnc(N2CCOCC2)nc1Nc1ccc(Cl)cc1. The molecule has 1 aromatic heterocycles. The summed E-state index contributed by atoms with van der Waals surface area (Å²) in [6.07, 6.45) is 1.84. The number of hydrogen-bond acceptors (Lipinski definition) is 5. The maximum atomic E-state index is 5.90. The van der Waals surface area contributed by atoms with Gasteiger partial charge in [0.25, 0.3) is 0 Å². The molecule has 21 heavy (non-hydrogen) atoms. The molecule has 0 aliphatic carbocycles. The van der Waals surface area contributed by atoms with Crippen molar-refractivity contribution in [3.05, 3.63) is 41.0 Å². The van der Waals surface area contributed by atoms with Crippen molar-refractivity contribution in [2.75, 3.05) is 36.5 Å². The number of halogens is 1. The second-order valence-electron chi connectivity index (χ2n) is 4.93. The summed E-state index contributed by atoms with van der Waals surface area (Å²) in [5.41, 5.74) is 1.95. The minimum atomic E-state index is 0.717. The predicted octanol–water partition coefficient (Wildman–Crippen LogP) is 3.02. The molecule has 0 amide bonds. The normalized spacial score (nSPS) is 15.0. The summed E-state index contributed by atoms with van der Waals surface area (Å²) < 4.78 is 5.36. The van der Waals surface area contributed by atoms with Gasteiger partial charge >= 0.3 is 0 Å². The van der Waals surface area contributed by atoms with Gasteiger partial charge in [0.2, 0.25) is 5.95 Å². The summed E-state index contributed by atoms with van der Waals surface area (Å²) in [5.74, 6) is 1.55. The van der Waals surface area contributed by atoms with Crippen molar-refractivity contribution < 1.29 is 4.74 Å². The van der Waals surface area contributed by atoms with E-state index < -0.39 is 0 Å². The predicted molar refractivity (Wildman–Crippen MR) is 84.5 cm³/mol. The summed E-state index contributed by atoms with van der Waals surface area (Å²) >= 11 is 5.90. The van der Waals surface area contributed by atoms with Crippen LogP contribution in [0.25, 0.3) is 0 Å². The number of ether oxygens (including phenoxy) is 1. The molecule has 2 heterocycles. The van der Waals surface area contributed by atoms with Gasteiger partial charge in [-0.3, -0.25) is 0 Å². The van der Waals surface area contributed by atoms with Crippen LogP contribution in [-0.4, -0.2) is 36.3 Å². The summed E-state index contributed by atoms with van der Waals surface area (Å²) in [7, 11) is 0. The molecule has 0 bridgehead atoms. The number of nitrogens with one attached hydrogen (secondary N) is 1. The second kappa shape index (κ2) is 6.28. The Morgan fingerprint density at radius 3 is 2.62 bits per heavy atom. The Morgan fingerprint density at radius 2 is 1.90 bits per heavy atom. The van der Waals surface area contributed by atoms with Crippen molar-refractivity contribution in [3.63, 3.8) is 0 Å². The number of nitrogens with zero attached hydrogens (tertiary/aromatic N) is 3. The van der Waals surface area contributed by atoms with Crippen molar-refractivity contribution in [1.82, 2.24) is 9.97 Å². The van der Waals surface area contributed by atoms with Gasteiger partial charge in [-0.1, -0.05) is 11.6 Å². The number of aromatic nitrogens is 2. The summed E-state index contributed by atoms with van der Waals surface area (Å²) in [6.45, 7) is 5.07. The Balaban J connectivity index is 1.82. The van der Waals surface area contributed by atoms with Crippen molar-refractivity contribution in [2.24, 2.45) is 0 Å². The number of benzene rings is 1. The summed E-state index contributed by atoms with van der Waals surface area (Å²) in [5, 5.41) is 4.03. The fourth-order valence-corrected chi connectivity index (χ4v) is 2.27. The van der Waals surface area contributed by atoms with Gasteiger partial charge < -0.3 is 15.0 Å². The topological polar surface area (TPSA) is 50.3 Å². The van der Waals surface area contributed by atoms with E-state index in [1.165, 1.54) is 0 Å². The van der Waals surface area contributed by atoms with Crippen molar-refractivity contribution >= 4 is 29.1 Å². The molecule has 110 valence electrons. The lowest BCUT2D eigenvalue weighted by Gasteiger charge is -2.27. The molecule has 1 saturated heterocycles. The molecule has 0 atom stereocenters. The number of rotatable bonds is 3. The third-order valence-corrected chi connectivity index (χ3v) is 3.61. The van der Waals surface area contributed by atoms with E-state index in [4.69, 9.17) is 16.3 Å². The van der Waals surface area contributed by atoms with E-state index in [1.807, 2.05) is 37.4 Å². The van der Waals surface area contributed by atoms with Crippen LogP contribution < -0.4 is 10.2 Å². The fraction of sp³-hybridized carbons (Fsp3) is 0.333. The first-order chi connectivity index (χ1) is 10.2. The van der Waals surface area contributed by atoms with Crippen LogP contribution in [-0.2, 0) is 4.74 Å². The van der Waals surface area contributed by atoms with Gasteiger partial charge in [0, 0.05) is 35.6 Å². The molecule has 6 heteroatoms. The quantitative estimate of drug-likeness (QED) is 0.944. The standard InChI is InChI=1S/C15H17ClN4O/c1-11-10-17-15(20-6-8-21-9-7-20)19-14(11)18-13-4-2-12(16)3-5-13/h2-5,10H,6-9H2,1H3,(H,17,18,19). The van der Waals surface area contributed by atoms with Gasteiger partial charge in [-0.05, 0) is 31.2 Å². The molecule has 1 N–H and O–H groups in total. The lowest BCUT2D eigenvalue weighted by molar-refractivity contribution is 0.122. The van der Waals surface area contributed by atoms with E-state index in [2.05, 4.69) is 20.2 Å². The Bertz CT molecular complexity index is 612. The Hall–Kier alpha value is -1.85. The van der Waals surface area contributed by atoms with Crippen molar-refractivity contribution in [3.8, 4) is 0 Å². The van der Waals surface area contributed by atoms with Gasteiger partial charge in [-0.15, -0.1) is 0 Å². The molecule has 1 aliphatic heterocycles. The minimum absolute atomic E-state index is 0.717. The molecule has 0 radical (unpaired) electrons. The van der Waals surface area contributed by atoms with Crippen molar-refractivity contribution in [2.45, 2.75) is 6.92 Å². The smallest absolute Gasteiger partial charge is 0.227 e. The molecule has 0 saturated carbocycles. The van der Waals surface area contributed by atoms with E-state index in [0.29, 0.717) is 5.02 Å². The van der Waals surface area contributed by atoms with E-state index >= 15 is 0 Å². The van der Waals surface area contributed by atoms with Gasteiger partial charge in [0.15, 0.2) is 0 Å². The first-order valence-corrected chi connectivity index (χ1v) is 7.29. The van der Waals surface area contributed by atoms with Crippen LogP contribution in [0.1, 0.15) is 5.56 Å². The van der Waals surface area contributed by atoms with Crippen molar-refractivity contribution in [1.29, 1.82) is 0 Å². The lowest BCUT2D eigenvalue weighted by atomic mass is 10.3. The van der Waals surface area contributed by atoms with Crippen LogP contribution in [0.3, 0.4) is 0 Å². The Morgan fingerprint density at radius 1 is 1.19 bits per heavy atom. The minimum Gasteiger partial charge on any atom is -0.378 e. The van der Waals surface area contributed by atoms with E-state index in [-0.39, 0.29) is 0 Å². The first kappa shape index (κ1) is 14.1. The van der Waals surface area contributed by atoms with E-state index in [9.17, 15) is 0 Å². The van der Waals surface area contributed by atoms with Crippen LogP contribution in [0.4, 0.5) is 17.5 Å². The molecule has 0 unspecified atom stereocenters. The highest BCUT2D eigenvalue weighted by atomic mass is 35.5. The van der Waals surface area contributed by atoms with Gasteiger partial charge in [-0.25, -0.2) is 4.98 Å². The van der Waals surface area contributed by atoms with Gasteiger partial charge in [-0.2, -0.15) is 4.98 Å². The second-order valence-corrected chi connectivity index (χ2v) is 5.37. The molecule has 0 spiro atoms. The van der Waals surface area contributed by atoms with Gasteiger partial charge in [0.1, 0.15) is 5.82 Å². The molecular formula is C15H17ClN4O. The molecule has 3 rings (SSSR count). The molecular weight excluding hydrogens is 288 g/mol. The highest BCUT2D eigenvalue weighted by Gasteiger charge is 2.15. The number of anilines is 3. The zero-order valence-electron chi connectivity index (χ0n) is 11.8. The van der Waals surface area contributed by atoms with E-state index in [1.54, 1.807) is 0 Å². The Kier molecular flexibility index (Phi) is 4.22. The number of morpholine rings is 1. The lowest BCUT2D eigenvalue weighted by Crippen LogP contribution is -2.37. The molecule has 1 fully saturated rings. The van der Waals surface area contributed by atoms with Gasteiger partial charge in [0.05, 0.1) is 13.2 Å². The molecule has 1 aromatic carbocycles. The van der Waals surface area contributed by atoms with Crippen LogP contribution in [0.15, 0.2) is 30.5 Å². The zero-order valence-corrected chi connectivity index (χ0v) is 12.6. The highest BCUT2D eigenvalue weighted by Crippen LogP contribution is 2.22. The molecule has 2 aromatic rings. The third kappa shape index (κ3) is 3.43. The highest BCUT2D eigenvalue weighted by molar-refractivity contribution is 6.30. The van der Waals surface area contributed by atoms with Crippen LogP contribution in [0, 0.1) is 6.92 Å². The average Bonchev–Trinajstić information content (AvgIpc) is 2.52.